The molecule has 4 aromatic carbocycles. The van der Waals surface area contributed by atoms with Gasteiger partial charge in [-0.05, 0) is 45.4 Å². The SMILES string of the molecule is Oc1ccc2ccccc2c1/C=N/n1c(Cc2cccc3ccccc23)n[nH]c1=S. The number of hydrogen-bond donors (Lipinski definition) is 2. The molecule has 0 radical (unpaired) electrons. The van der Waals surface area contributed by atoms with Crippen LogP contribution in [0.15, 0.2) is 84.0 Å². The lowest BCUT2D eigenvalue weighted by Crippen LogP contribution is -2.01. The molecule has 0 saturated carbocycles. The highest BCUT2D eigenvalue weighted by molar-refractivity contribution is 7.71. The van der Waals surface area contributed by atoms with Gasteiger partial charge in [-0.1, -0.05) is 72.8 Å². The van der Waals surface area contributed by atoms with Crippen LogP contribution in [0, 0.1) is 4.77 Å². The van der Waals surface area contributed by atoms with Gasteiger partial charge in [0.05, 0.1) is 6.21 Å². The lowest BCUT2D eigenvalue weighted by Gasteiger charge is -2.07. The zero-order valence-corrected chi connectivity index (χ0v) is 16.8. The zero-order chi connectivity index (χ0) is 20.5. The van der Waals surface area contributed by atoms with E-state index in [0.29, 0.717) is 22.6 Å². The van der Waals surface area contributed by atoms with Crippen LogP contribution in [0.5, 0.6) is 5.75 Å². The van der Waals surface area contributed by atoms with E-state index < -0.39 is 0 Å². The highest BCUT2D eigenvalue weighted by Gasteiger charge is 2.10. The smallest absolute Gasteiger partial charge is 0.216 e. The van der Waals surface area contributed by atoms with E-state index in [-0.39, 0.29) is 5.75 Å². The maximum atomic E-state index is 10.4. The summed E-state index contributed by atoms with van der Waals surface area (Å²) in [7, 11) is 0. The molecular formula is C24H18N4OS. The summed E-state index contributed by atoms with van der Waals surface area (Å²) >= 11 is 5.40. The summed E-state index contributed by atoms with van der Waals surface area (Å²) in [5, 5.41) is 26.5. The molecule has 0 spiro atoms. The first-order chi connectivity index (χ1) is 14.7. The van der Waals surface area contributed by atoms with Crippen molar-refractivity contribution in [1.82, 2.24) is 14.9 Å². The molecule has 0 saturated heterocycles. The van der Waals surface area contributed by atoms with Gasteiger partial charge in [-0.15, -0.1) is 0 Å². The fourth-order valence-corrected chi connectivity index (χ4v) is 3.91. The van der Waals surface area contributed by atoms with Crippen molar-refractivity contribution in [2.45, 2.75) is 6.42 Å². The van der Waals surface area contributed by atoms with Crippen molar-refractivity contribution >= 4 is 40.0 Å². The number of H-pyrrole nitrogens is 1. The number of aromatic nitrogens is 3. The van der Waals surface area contributed by atoms with Crippen molar-refractivity contribution in [2.24, 2.45) is 5.10 Å². The third-order valence-corrected chi connectivity index (χ3v) is 5.46. The summed E-state index contributed by atoms with van der Waals surface area (Å²) in [6.07, 6.45) is 2.21. The van der Waals surface area contributed by atoms with Gasteiger partial charge in [-0.3, -0.25) is 5.10 Å². The number of benzene rings is 4. The van der Waals surface area contributed by atoms with Crippen molar-refractivity contribution in [2.75, 3.05) is 0 Å². The molecule has 0 atom stereocenters. The Morgan fingerprint density at radius 3 is 2.43 bits per heavy atom. The van der Waals surface area contributed by atoms with Crippen LogP contribution < -0.4 is 0 Å². The number of aromatic hydroxyl groups is 1. The Morgan fingerprint density at radius 1 is 0.900 bits per heavy atom. The minimum absolute atomic E-state index is 0.170. The lowest BCUT2D eigenvalue weighted by atomic mass is 10.0. The predicted octanol–water partition coefficient (Wildman–Crippen LogP) is 5.43. The number of rotatable bonds is 4. The van der Waals surface area contributed by atoms with Gasteiger partial charge in [0.2, 0.25) is 4.77 Å². The van der Waals surface area contributed by atoms with E-state index in [9.17, 15) is 5.11 Å². The molecule has 1 aromatic heterocycles. The maximum Gasteiger partial charge on any atom is 0.216 e. The second-order valence-electron chi connectivity index (χ2n) is 7.04. The Kier molecular flexibility index (Phi) is 4.61. The van der Waals surface area contributed by atoms with Gasteiger partial charge < -0.3 is 5.11 Å². The van der Waals surface area contributed by atoms with Gasteiger partial charge in [-0.25, -0.2) is 0 Å². The molecule has 2 N–H and O–H groups in total. The summed E-state index contributed by atoms with van der Waals surface area (Å²) in [5.74, 6) is 0.871. The van der Waals surface area contributed by atoms with Crippen LogP contribution in [0.25, 0.3) is 21.5 Å². The van der Waals surface area contributed by atoms with E-state index in [1.807, 2.05) is 48.5 Å². The van der Waals surface area contributed by atoms with Crippen molar-refractivity contribution in [1.29, 1.82) is 0 Å². The van der Waals surface area contributed by atoms with Gasteiger partial charge >= 0.3 is 0 Å². The largest absolute Gasteiger partial charge is 0.507 e. The highest BCUT2D eigenvalue weighted by Crippen LogP contribution is 2.26. The van der Waals surface area contributed by atoms with Crippen LogP contribution in [0.3, 0.4) is 0 Å². The number of hydrogen-bond acceptors (Lipinski definition) is 4. The van der Waals surface area contributed by atoms with E-state index in [1.165, 1.54) is 10.8 Å². The third-order valence-electron chi connectivity index (χ3n) is 5.20. The number of nitrogens with one attached hydrogen (secondary N) is 1. The van der Waals surface area contributed by atoms with E-state index in [1.54, 1.807) is 17.0 Å². The summed E-state index contributed by atoms with van der Waals surface area (Å²) in [6.45, 7) is 0. The number of phenols is 1. The molecule has 5 rings (SSSR count). The van der Waals surface area contributed by atoms with Crippen molar-refractivity contribution in [3.8, 4) is 5.75 Å². The van der Waals surface area contributed by atoms with Crippen molar-refractivity contribution < 1.29 is 5.11 Å². The zero-order valence-electron chi connectivity index (χ0n) is 16.0. The predicted molar refractivity (Wildman–Crippen MR) is 123 cm³/mol. The van der Waals surface area contributed by atoms with Crippen LogP contribution in [-0.4, -0.2) is 26.2 Å². The first-order valence-electron chi connectivity index (χ1n) is 9.59. The average molecular weight is 411 g/mol. The molecule has 0 bridgehead atoms. The summed E-state index contributed by atoms with van der Waals surface area (Å²) < 4.78 is 2.01. The topological polar surface area (TPSA) is 66.2 Å². The minimum Gasteiger partial charge on any atom is -0.507 e. The van der Waals surface area contributed by atoms with Crippen LogP contribution in [0.2, 0.25) is 0 Å². The van der Waals surface area contributed by atoms with Crippen LogP contribution in [-0.2, 0) is 6.42 Å². The van der Waals surface area contributed by atoms with Crippen LogP contribution in [0.4, 0.5) is 0 Å². The molecule has 5 nitrogen and oxygen atoms in total. The molecule has 0 aliphatic carbocycles. The standard InChI is InChI=1S/C24H18N4OS/c29-22-13-12-17-7-2-4-11-20(17)21(22)15-25-28-23(26-27-24(28)30)14-18-9-5-8-16-6-1-3-10-19(16)18/h1-13,15,29H,14H2,(H,27,30)/b25-15+. The monoisotopic (exact) mass is 410 g/mol. The normalized spacial score (nSPS) is 11.6. The Morgan fingerprint density at radius 2 is 1.60 bits per heavy atom. The Hall–Kier alpha value is -3.77. The number of fused-ring (bicyclic) bond motifs is 2. The minimum atomic E-state index is 0.170. The molecule has 6 heteroatoms. The van der Waals surface area contributed by atoms with Crippen molar-refractivity contribution in [3.05, 3.63) is 101 Å². The molecular weight excluding hydrogens is 392 g/mol. The van der Waals surface area contributed by atoms with Gasteiger partial charge in [0, 0.05) is 12.0 Å². The molecule has 0 fully saturated rings. The van der Waals surface area contributed by atoms with Crippen LogP contribution in [0.1, 0.15) is 17.0 Å². The van der Waals surface area contributed by atoms with E-state index in [0.717, 1.165) is 16.3 Å². The van der Waals surface area contributed by atoms with Crippen molar-refractivity contribution in [3.63, 3.8) is 0 Å². The molecule has 0 unspecified atom stereocenters. The first kappa shape index (κ1) is 18.3. The van der Waals surface area contributed by atoms with Gasteiger partial charge in [0.25, 0.3) is 0 Å². The fraction of sp³-hybridized carbons (Fsp3) is 0.0417. The number of aromatic amines is 1. The highest BCUT2D eigenvalue weighted by atomic mass is 32.1. The number of phenolic OH excluding ortho intramolecular Hbond substituents is 1. The molecule has 1 heterocycles. The Labute approximate surface area is 177 Å². The fourth-order valence-electron chi connectivity index (χ4n) is 3.71. The molecule has 0 aliphatic heterocycles. The first-order valence-corrected chi connectivity index (χ1v) is 9.99. The van der Waals surface area contributed by atoms with Gasteiger partial charge in [0.15, 0.2) is 5.82 Å². The summed E-state index contributed by atoms with van der Waals surface area (Å²) in [6, 6.07) is 25.9. The summed E-state index contributed by atoms with van der Waals surface area (Å²) in [5.41, 5.74) is 1.79. The van der Waals surface area contributed by atoms with Crippen LogP contribution >= 0.6 is 12.2 Å². The molecule has 0 amide bonds. The average Bonchev–Trinajstić information content (AvgIpc) is 3.12. The van der Waals surface area contributed by atoms with E-state index >= 15 is 0 Å². The second kappa shape index (κ2) is 7.57. The molecule has 0 aliphatic rings. The molecule has 146 valence electrons. The van der Waals surface area contributed by atoms with E-state index in [4.69, 9.17) is 12.2 Å². The van der Waals surface area contributed by atoms with Gasteiger partial charge in [-0.2, -0.15) is 14.9 Å². The quantitative estimate of drug-likeness (QED) is 0.307. The Bertz CT molecular complexity index is 1460. The lowest BCUT2D eigenvalue weighted by molar-refractivity contribution is 0.475. The second-order valence-corrected chi connectivity index (χ2v) is 7.42. The number of nitrogens with zero attached hydrogens (tertiary/aromatic N) is 3. The van der Waals surface area contributed by atoms with Gasteiger partial charge in [0.1, 0.15) is 5.75 Å². The molecule has 5 aromatic rings. The maximum absolute atomic E-state index is 10.4. The third kappa shape index (κ3) is 3.27. The molecule has 30 heavy (non-hydrogen) atoms. The Balaban J connectivity index is 1.56. The van der Waals surface area contributed by atoms with E-state index in [2.05, 4.69) is 39.6 Å². The summed E-state index contributed by atoms with van der Waals surface area (Å²) in [4.78, 5) is 0.